The number of nitrogens with zero attached hydrogens (tertiary/aromatic N) is 1. The van der Waals surface area contributed by atoms with Crippen molar-refractivity contribution in [2.75, 3.05) is 6.61 Å². The highest BCUT2D eigenvalue weighted by atomic mass is 16.5. The first kappa shape index (κ1) is 13.0. The summed E-state index contributed by atoms with van der Waals surface area (Å²) in [5, 5.41) is 0. The van der Waals surface area contributed by atoms with Gasteiger partial charge in [0.2, 0.25) is 0 Å². The second-order valence-corrected chi connectivity index (χ2v) is 5.00. The molecule has 0 amide bonds. The predicted molar refractivity (Wildman–Crippen MR) is 67.9 cm³/mol. The van der Waals surface area contributed by atoms with Gasteiger partial charge in [0.1, 0.15) is 11.9 Å². The van der Waals surface area contributed by atoms with Gasteiger partial charge in [0.25, 0.3) is 0 Å². The summed E-state index contributed by atoms with van der Waals surface area (Å²) in [5.74, 6) is 0.898. The molecule has 1 aliphatic heterocycles. The van der Waals surface area contributed by atoms with Crippen LogP contribution in [0.1, 0.15) is 37.6 Å². The minimum Gasteiger partial charge on any atom is -0.489 e. The van der Waals surface area contributed by atoms with Crippen molar-refractivity contribution in [2.24, 2.45) is 5.92 Å². The monoisotopic (exact) mass is 249 g/mol. The second kappa shape index (κ2) is 5.48. The Morgan fingerprint density at radius 1 is 1.50 bits per heavy atom. The van der Waals surface area contributed by atoms with E-state index in [1.807, 2.05) is 20.8 Å². The molecule has 18 heavy (non-hydrogen) atoms. The molecular weight excluding hydrogens is 230 g/mol. The van der Waals surface area contributed by atoms with Gasteiger partial charge in [-0.05, 0) is 32.3 Å². The summed E-state index contributed by atoms with van der Waals surface area (Å²) >= 11 is 0. The van der Waals surface area contributed by atoms with Crippen LogP contribution in [0.4, 0.5) is 0 Å². The number of carbonyl (C=O) groups is 1. The summed E-state index contributed by atoms with van der Waals surface area (Å²) in [5.41, 5.74) is 0.562. The number of hydrogen-bond donors (Lipinski definition) is 0. The molecule has 2 heterocycles. The van der Waals surface area contributed by atoms with Crippen LogP contribution in [0.3, 0.4) is 0 Å². The minimum absolute atomic E-state index is 0.00158. The van der Waals surface area contributed by atoms with Crippen LogP contribution in [0.5, 0.6) is 5.75 Å². The van der Waals surface area contributed by atoms with Gasteiger partial charge in [0.05, 0.1) is 12.3 Å². The van der Waals surface area contributed by atoms with Gasteiger partial charge < -0.3 is 9.47 Å². The summed E-state index contributed by atoms with van der Waals surface area (Å²) in [6.45, 7) is 6.58. The third-order valence-electron chi connectivity index (χ3n) is 3.02. The summed E-state index contributed by atoms with van der Waals surface area (Å²) < 4.78 is 11.0. The molecule has 2 unspecified atom stereocenters. The first-order chi connectivity index (χ1) is 8.58. The van der Waals surface area contributed by atoms with E-state index in [2.05, 4.69) is 4.98 Å². The lowest BCUT2D eigenvalue weighted by molar-refractivity contribution is 0.0578. The van der Waals surface area contributed by atoms with Crippen molar-refractivity contribution in [3.8, 4) is 5.75 Å². The molecule has 0 bridgehead atoms. The standard InChI is InChI=1S/C14H19NO3/c1-9(2)18-12-6-11(7-15-8-12)13(16)14-10(3)4-5-17-14/h6-10,14H,4-5H2,1-3H3. The summed E-state index contributed by atoms with van der Waals surface area (Å²) in [7, 11) is 0. The van der Waals surface area contributed by atoms with E-state index in [0.29, 0.717) is 17.9 Å². The highest BCUT2D eigenvalue weighted by Gasteiger charge is 2.31. The predicted octanol–water partition coefficient (Wildman–Crippen LogP) is 2.48. The molecule has 1 aliphatic rings. The normalized spacial score (nSPS) is 23.3. The number of pyridine rings is 1. The highest BCUT2D eigenvalue weighted by molar-refractivity contribution is 5.99. The topological polar surface area (TPSA) is 48.4 Å². The maximum absolute atomic E-state index is 12.3. The zero-order valence-corrected chi connectivity index (χ0v) is 11.1. The van der Waals surface area contributed by atoms with E-state index < -0.39 is 0 Å². The zero-order valence-electron chi connectivity index (χ0n) is 11.1. The number of carbonyl (C=O) groups excluding carboxylic acids is 1. The lowest BCUT2D eigenvalue weighted by Gasteiger charge is -2.14. The molecule has 2 rings (SSSR count). The lowest BCUT2D eigenvalue weighted by Crippen LogP contribution is -2.25. The summed E-state index contributed by atoms with van der Waals surface area (Å²) in [4.78, 5) is 16.3. The maximum Gasteiger partial charge on any atom is 0.193 e. The van der Waals surface area contributed by atoms with Crippen molar-refractivity contribution < 1.29 is 14.3 Å². The number of ether oxygens (including phenoxy) is 2. The smallest absolute Gasteiger partial charge is 0.193 e. The van der Waals surface area contributed by atoms with Crippen LogP contribution in [0, 0.1) is 5.92 Å². The number of hydrogen-bond acceptors (Lipinski definition) is 4. The SMILES string of the molecule is CC(C)Oc1cncc(C(=O)C2OCCC2C)c1. The molecule has 1 aromatic heterocycles. The van der Waals surface area contributed by atoms with Crippen molar-refractivity contribution in [3.63, 3.8) is 0 Å². The quantitative estimate of drug-likeness (QED) is 0.769. The zero-order chi connectivity index (χ0) is 13.1. The summed E-state index contributed by atoms with van der Waals surface area (Å²) in [6, 6.07) is 1.74. The highest BCUT2D eigenvalue weighted by Crippen LogP contribution is 2.24. The number of aromatic nitrogens is 1. The number of rotatable bonds is 4. The Balaban J connectivity index is 2.15. The van der Waals surface area contributed by atoms with Crippen molar-refractivity contribution in [2.45, 2.75) is 39.4 Å². The molecule has 1 aromatic rings. The Labute approximate surface area is 107 Å². The first-order valence-electron chi connectivity index (χ1n) is 6.35. The Kier molecular flexibility index (Phi) is 3.97. The van der Waals surface area contributed by atoms with Gasteiger partial charge in [-0.1, -0.05) is 6.92 Å². The van der Waals surface area contributed by atoms with Gasteiger partial charge in [-0.15, -0.1) is 0 Å². The molecular formula is C14H19NO3. The average Bonchev–Trinajstić information content (AvgIpc) is 2.74. The average molecular weight is 249 g/mol. The van der Waals surface area contributed by atoms with E-state index in [1.54, 1.807) is 18.5 Å². The Hall–Kier alpha value is -1.42. The molecule has 0 aromatic carbocycles. The van der Waals surface area contributed by atoms with Crippen LogP contribution in [0.15, 0.2) is 18.5 Å². The van der Waals surface area contributed by atoms with Crippen LogP contribution in [-0.2, 0) is 4.74 Å². The molecule has 98 valence electrons. The van der Waals surface area contributed by atoms with Gasteiger partial charge >= 0.3 is 0 Å². The molecule has 0 aliphatic carbocycles. The van der Waals surface area contributed by atoms with E-state index >= 15 is 0 Å². The molecule has 4 heteroatoms. The number of Topliss-reactive ketones (excluding diaryl/α,β-unsaturated/α-hetero) is 1. The van der Waals surface area contributed by atoms with E-state index in [0.717, 1.165) is 6.42 Å². The Morgan fingerprint density at radius 2 is 2.28 bits per heavy atom. The molecule has 4 nitrogen and oxygen atoms in total. The first-order valence-corrected chi connectivity index (χ1v) is 6.35. The van der Waals surface area contributed by atoms with Crippen molar-refractivity contribution in [1.29, 1.82) is 0 Å². The third-order valence-corrected chi connectivity index (χ3v) is 3.02. The third kappa shape index (κ3) is 2.88. The van der Waals surface area contributed by atoms with E-state index in [9.17, 15) is 4.79 Å². The fourth-order valence-corrected chi connectivity index (χ4v) is 2.09. The van der Waals surface area contributed by atoms with Gasteiger partial charge in [0.15, 0.2) is 5.78 Å². The second-order valence-electron chi connectivity index (χ2n) is 5.00. The Morgan fingerprint density at radius 3 is 2.89 bits per heavy atom. The molecule has 2 atom stereocenters. The minimum atomic E-state index is -0.332. The van der Waals surface area contributed by atoms with Gasteiger partial charge in [-0.25, -0.2) is 0 Å². The summed E-state index contributed by atoms with van der Waals surface area (Å²) in [6.07, 6.45) is 3.87. The van der Waals surface area contributed by atoms with E-state index in [4.69, 9.17) is 9.47 Å². The van der Waals surface area contributed by atoms with Crippen LogP contribution in [0.25, 0.3) is 0 Å². The Bertz CT molecular complexity index is 431. The molecule has 0 spiro atoms. The van der Waals surface area contributed by atoms with E-state index in [-0.39, 0.29) is 23.9 Å². The molecule has 1 fully saturated rings. The van der Waals surface area contributed by atoms with Crippen molar-refractivity contribution >= 4 is 5.78 Å². The number of ketones is 1. The fraction of sp³-hybridized carbons (Fsp3) is 0.571. The van der Waals surface area contributed by atoms with Crippen LogP contribution >= 0.6 is 0 Å². The molecule has 0 N–H and O–H groups in total. The van der Waals surface area contributed by atoms with Crippen LogP contribution in [-0.4, -0.2) is 29.6 Å². The molecule has 0 radical (unpaired) electrons. The van der Waals surface area contributed by atoms with E-state index in [1.165, 1.54) is 0 Å². The van der Waals surface area contributed by atoms with Crippen LogP contribution < -0.4 is 4.74 Å². The molecule has 0 saturated carbocycles. The largest absolute Gasteiger partial charge is 0.489 e. The van der Waals surface area contributed by atoms with Crippen LogP contribution in [0.2, 0.25) is 0 Å². The maximum atomic E-state index is 12.3. The van der Waals surface area contributed by atoms with Crippen molar-refractivity contribution in [3.05, 3.63) is 24.0 Å². The van der Waals surface area contributed by atoms with Gasteiger partial charge in [-0.2, -0.15) is 0 Å². The van der Waals surface area contributed by atoms with Gasteiger partial charge in [-0.3, -0.25) is 9.78 Å². The molecule has 1 saturated heterocycles. The lowest BCUT2D eigenvalue weighted by atomic mass is 9.97. The van der Waals surface area contributed by atoms with Gasteiger partial charge in [0, 0.05) is 18.4 Å². The van der Waals surface area contributed by atoms with Crippen molar-refractivity contribution in [1.82, 2.24) is 4.98 Å². The fourth-order valence-electron chi connectivity index (χ4n) is 2.09.